The molecule has 27 heavy (non-hydrogen) atoms. The number of hydrogen-bond acceptors (Lipinski definition) is 4. The van der Waals surface area contributed by atoms with Crippen molar-refractivity contribution >= 4 is 39.8 Å². The summed E-state index contributed by atoms with van der Waals surface area (Å²) in [6.45, 7) is 11.3. The van der Waals surface area contributed by atoms with Crippen molar-refractivity contribution in [1.82, 2.24) is 15.5 Å². The minimum absolute atomic E-state index is 0. The molecule has 0 spiro atoms. The third kappa shape index (κ3) is 8.85. The standard InChI is InChI=1S/C19H38N4O2S.HI/c1-4-20-19(21-13-17-9-12-26(24,25)15-17)22-14-18(16(2)3)23-10-7-5-6-8-11-23;/h16-18H,4-15H2,1-3H3,(H2,20,21,22);1H. The SMILES string of the molecule is CCNC(=NCC(C(C)C)N1CCCCCC1)NCC1CCS(=O)(=O)C1.I. The summed E-state index contributed by atoms with van der Waals surface area (Å²) in [6.07, 6.45) is 6.04. The fraction of sp³-hybridized carbons (Fsp3) is 0.947. The highest BCUT2D eigenvalue weighted by Gasteiger charge is 2.28. The molecule has 160 valence electrons. The number of nitrogens with one attached hydrogen (secondary N) is 2. The van der Waals surface area contributed by atoms with Crippen LogP contribution in [0, 0.1) is 11.8 Å². The van der Waals surface area contributed by atoms with Crippen LogP contribution in [0.25, 0.3) is 0 Å². The molecule has 2 aliphatic heterocycles. The van der Waals surface area contributed by atoms with Gasteiger partial charge in [-0.1, -0.05) is 26.7 Å². The highest BCUT2D eigenvalue weighted by molar-refractivity contribution is 14.0. The first kappa shape index (κ1) is 24.9. The van der Waals surface area contributed by atoms with E-state index in [1.54, 1.807) is 0 Å². The van der Waals surface area contributed by atoms with Gasteiger partial charge in [0, 0.05) is 19.1 Å². The van der Waals surface area contributed by atoms with Gasteiger partial charge in [0.15, 0.2) is 15.8 Å². The van der Waals surface area contributed by atoms with Crippen LogP contribution in [0.15, 0.2) is 4.99 Å². The van der Waals surface area contributed by atoms with Crippen molar-refractivity contribution in [1.29, 1.82) is 0 Å². The number of rotatable bonds is 7. The minimum atomic E-state index is -2.82. The Kier molecular flexibility index (Phi) is 11.5. The van der Waals surface area contributed by atoms with E-state index < -0.39 is 9.84 Å². The molecule has 2 aliphatic rings. The Balaban J connectivity index is 0.00000364. The van der Waals surface area contributed by atoms with Gasteiger partial charge in [0.2, 0.25) is 0 Å². The van der Waals surface area contributed by atoms with Crippen LogP contribution in [0.3, 0.4) is 0 Å². The lowest BCUT2D eigenvalue weighted by Gasteiger charge is -2.32. The van der Waals surface area contributed by atoms with Gasteiger partial charge in [-0.3, -0.25) is 9.89 Å². The van der Waals surface area contributed by atoms with Gasteiger partial charge in [-0.25, -0.2) is 8.42 Å². The molecule has 2 saturated heterocycles. The molecule has 2 atom stereocenters. The molecule has 0 aromatic rings. The molecule has 8 heteroatoms. The molecular formula is C19H39IN4O2S. The van der Waals surface area contributed by atoms with Gasteiger partial charge >= 0.3 is 0 Å². The summed E-state index contributed by atoms with van der Waals surface area (Å²) in [5.74, 6) is 2.23. The number of halogens is 1. The third-order valence-corrected chi connectivity index (χ3v) is 7.38. The second-order valence-electron chi connectivity index (χ2n) is 8.13. The molecule has 0 saturated carbocycles. The normalized spacial score (nSPS) is 24.9. The number of guanidine groups is 1. The summed E-state index contributed by atoms with van der Waals surface area (Å²) in [4.78, 5) is 7.46. The molecule has 0 aromatic heterocycles. The summed E-state index contributed by atoms with van der Waals surface area (Å²) in [7, 11) is -2.82. The van der Waals surface area contributed by atoms with E-state index in [1.165, 1.54) is 38.8 Å². The van der Waals surface area contributed by atoms with Gasteiger partial charge in [-0.15, -0.1) is 24.0 Å². The molecule has 0 aromatic carbocycles. The summed E-state index contributed by atoms with van der Waals surface area (Å²) in [6, 6.07) is 0.468. The van der Waals surface area contributed by atoms with Crippen LogP contribution in [-0.2, 0) is 9.84 Å². The zero-order valence-corrected chi connectivity index (χ0v) is 20.4. The predicted molar refractivity (Wildman–Crippen MR) is 125 cm³/mol. The Morgan fingerprint density at radius 3 is 2.33 bits per heavy atom. The average molecular weight is 515 g/mol. The van der Waals surface area contributed by atoms with Crippen molar-refractivity contribution in [2.24, 2.45) is 16.8 Å². The van der Waals surface area contributed by atoms with Crippen LogP contribution < -0.4 is 10.6 Å². The highest BCUT2D eigenvalue weighted by Crippen LogP contribution is 2.18. The van der Waals surface area contributed by atoms with E-state index >= 15 is 0 Å². The van der Waals surface area contributed by atoms with E-state index in [0.29, 0.717) is 30.0 Å². The van der Waals surface area contributed by atoms with Crippen molar-refractivity contribution in [2.45, 2.75) is 58.9 Å². The van der Waals surface area contributed by atoms with Crippen LogP contribution >= 0.6 is 24.0 Å². The van der Waals surface area contributed by atoms with Crippen LogP contribution in [-0.4, -0.2) is 69.5 Å². The first-order valence-electron chi connectivity index (χ1n) is 10.4. The average Bonchev–Trinajstić information content (AvgIpc) is 2.77. The topological polar surface area (TPSA) is 73.8 Å². The summed E-state index contributed by atoms with van der Waals surface area (Å²) in [5.41, 5.74) is 0. The van der Waals surface area contributed by atoms with Crippen molar-refractivity contribution in [2.75, 3.05) is 44.2 Å². The summed E-state index contributed by atoms with van der Waals surface area (Å²) >= 11 is 0. The number of likely N-dealkylation sites (tertiary alicyclic amines) is 1. The minimum Gasteiger partial charge on any atom is -0.357 e. The lowest BCUT2D eigenvalue weighted by molar-refractivity contribution is 0.166. The second-order valence-corrected chi connectivity index (χ2v) is 10.4. The van der Waals surface area contributed by atoms with Gasteiger partial charge in [0.1, 0.15) is 0 Å². The molecule has 0 amide bonds. The van der Waals surface area contributed by atoms with Crippen molar-refractivity contribution < 1.29 is 8.42 Å². The van der Waals surface area contributed by atoms with Crippen LogP contribution in [0.4, 0.5) is 0 Å². The van der Waals surface area contributed by atoms with E-state index in [4.69, 9.17) is 4.99 Å². The van der Waals surface area contributed by atoms with Gasteiger partial charge in [-0.05, 0) is 51.1 Å². The molecule has 2 fully saturated rings. The zero-order chi connectivity index (χ0) is 19.0. The largest absolute Gasteiger partial charge is 0.357 e. The lowest BCUT2D eigenvalue weighted by Crippen LogP contribution is -2.44. The number of sulfone groups is 1. The van der Waals surface area contributed by atoms with Gasteiger partial charge in [0.25, 0.3) is 0 Å². The van der Waals surface area contributed by atoms with Crippen LogP contribution in [0.5, 0.6) is 0 Å². The fourth-order valence-electron chi connectivity index (χ4n) is 3.98. The van der Waals surface area contributed by atoms with Gasteiger partial charge in [-0.2, -0.15) is 0 Å². The lowest BCUT2D eigenvalue weighted by atomic mass is 10.0. The van der Waals surface area contributed by atoms with Crippen LogP contribution in [0.1, 0.15) is 52.9 Å². The van der Waals surface area contributed by atoms with Crippen molar-refractivity contribution in [3.05, 3.63) is 0 Å². The maximum absolute atomic E-state index is 11.6. The molecule has 0 radical (unpaired) electrons. The van der Waals surface area contributed by atoms with E-state index in [9.17, 15) is 8.42 Å². The molecule has 0 aliphatic carbocycles. The zero-order valence-electron chi connectivity index (χ0n) is 17.2. The Hall–Kier alpha value is -0.0900. The number of aliphatic imine (C=N–C) groups is 1. The Labute approximate surface area is 183 Å². The maximum Gasteiger partial charge on any atom is 0.191 e. The van der Waals surface area contributed by atoms with Crippen molar-refractivity contribution in [3.63, 3.8) is 0 Å². The number of nitrogens with zero attached hydrogens (tertiary/aromatic N) is 2. The van der Waals surface area contributed by atoms with Gasteiger partial charge in [0.05, 0.1) is 18.1 Å². The smallest absolute Gasteiger partial charge is 0.191 e. The summed E-state index contributed by atoms with van der Waals surface area (Å²) < 4.78 is 23.3. The first-order chi connectivity index (χ1) is 12.4. The van der Waals surface area contributed by atoms with Crippen molar-refractivity contribution in [3.8, 4) is 0 Å². The quantitative estimate of drug-likeness (QED) is 0.310. The molecule has 0 bridgehead atoms. The third-order valence-electron chi connectivity index (χ3n) is 5.54. The van der Waals surface area contributed by atoms with E-state index in [0.717, 1.165) is 25.5 Å². The predicted octanol–water partition coefficient (Wildman–Crippen LogP) is 2.49. The molecule has 2 rings (SSSR count). The Morgan fingerprint density at radius 1 is 1.15 bits per heavy atom. The molecule has 2 heterocycles. The van der Waals surface area contributed by atoms with Gasteiger partial charge < -0.3 is 10.6 Å². The fourth-order valence-corrected chi connectivity index (χ4v) is 5.84. The Morgan fingerprint density at radius 2 is 1.81 bits per heavy atom. The van der Waals surface area contributed by atoms with E-state index in [2.05, 4.69) is 36.3 Å². The molecule has 2 unspecified atom stereocenters. The maximum atomic E-state index is 11.6. The van der Waals surface area contributed by atoms with Crippen LogP contribution in [0.2, 0.25) is 0 Å². The van der Waals surface area contributed by atoms with E-state index in [-0.39, 0.29) is 29.9 Å². The Bertz CT molecular complexity index is 546. The summed E-state index contributed by atoms with van der Waals surface area (Å²) in [5, 5.41) is 6.67. The molecule has 2 N–H and O–H groups in total. The van der Waals surface area contributed by atoms with E-state index in [1.807, 2.05) is 0 Å². The monoisotopic (exact) mass is 514 g/mol. The second kappa shape index (κ2) is 12.5. The molecular weight excluding hydrogens is 475 g/mol. The number of hydrogen-bond donors (Lipinski definition) is 2. The molecule has 6 nitrogen and oxygen atoms in total. The first-order valence-corrected chi connectivity index (χ1v) is 12.2. The highest BCUT2D eigenvalue weighted by atomic mass is 127.